The zero-order valence-corrected chi connectivity index (χ0v) is 11.7. The highest BCUT2D eigenvalue weighted by Crippen LogP contribution is 2.36. The van der Waals surface area contributed by atoms with Crippen molar-refractivity contribution < 1.29 is 9.53 Å². The van der Waals surface area contributed by atoms with Crippen LogP contribution in [0, 0.1) is 5.41 Å². The van der Waals surface area contributed by atoms with E-state index in [9.17, 15) is 4.79 Å². The van der Waals surface area contributed by atoms with Crippen molar-refractivity contribution in [2.75, 3.05) is 32.8 Å². The molecule has 1 N–H and O–H groups in total. The van der Waals surface area contributed by atoms with Crippen LogP contribution < -0.4 is 10.1 Å². The highest BCUT2D eigenvalue weighted by Gasteiger charge is 2.37. The Bertz CT molecular complexity index is 447. The summed E-state index contributed by atoms with van der Waals surface area (Å²) in [6.07, 6.45) is 6.79. The van der Waals surface area contributed by atoms with Crippen LogP contribution in [0.1, 0.15) is 19.3 Å². The lowest BCUT2D eigenvalue weighted by molar-refractivity contribution is -0.135. The van der Waals surface area contributed by atoms with Gasteiger partial charge in [0.25, 0.3) is 5.91 Å². The molecule has 0 aliphatic carbocycles. The molecule has 0 radical (unpaired) electrons. The molecule has 1 amide bonds. The number of carbonyl (C=O) groups excluding carboxylic acids is 1. The molecule has 3 rings (SSSR count). The molecule has 2 aliphatic rings. The number of nitrogens with one attached hydrogen (secondary N) is 1. The highest BCUT2D eigenvalue weighted by atomic mass is 16.5. The lowest BCUT2D eigenvalue weighted by atomic mass is 9.78. The minimum absolute atomic E-state index is 0.0784. The molecule has 0 atom stereocenters. The first-order valence-electron chi connectivity index (χ1n) is 7.29. The Morgan fingerprint density at radius 2 is 2.25 bits per heavy atom. The van der Waals surface area contributed by atoms with E-state index in [1.165, 1.54) is 6.42 Å². The van der Waals surface area contributed by atoms with Crippen LogP contribution in [0.5, 0.6) is 5.75 Å². The lowest BCUT2D eigenvalue weighted by Gasteiger charge is -2.38. The summed E-state index contributed by atoms with van der Waals surface area (Å²) in [6.45, 7) is 4.06. The molecule has 2 fully saturated rings. The summed E-state index contributed by atoms with van der Waals surface area (Å²) in [6, 6.07) is 3.62. The minimum Gasteiger partial charge on any atom is -0.482 e. The van der Waals surface area contributed by atoms with E-state index in [-0.39, 0.29) is 12.5 Å². The van der Waals surface area contributed by atoms with E-state index >= 15 is 0 Å². The van der Waals surface area contributed by atoms with Crippen molar-refractivity contribution in [3.8, 4) is 5.75 Å². The summed E-state index contributed by atoms with van der Waals surface area (Å²) in [7, 11) is 0. The Labute approximate surface area is 119 Å². The van der Waals surface area contributed by atoms with Gasteiger partial charge in [0.2, 0.25) is 0 Å². The Hall–Kier alpha value is -1.62. The second kappa shape index (κ2) is 5.79. The first kappa shape index (κ1) is 13.4. The topological polar surface area (TPSA) is 54.5 Å². The fraction of sp³-hybridized carbons (Fsp3) is 0.600. The number of pyridine rings is 1. The number of ether oxygens (including phenoxy) is 1. The second-order valence-electron chi connectivity index (χ2n) is 5.78. The van der Waals surface area contributed by atoms with Crippen molar-refractivity contribution >= 4 is 5.91 Å². The number of amides is 1. The predicted octanol–water partition coefficient (Wildman–Crippen LogP) is 1.06. The number of hydrogen-bond donors (Lipinski definition) is 1. The summed E-state index contributed by atoms with van der Waals surface area (Å²) in [4.78, 5) is 18.0. The molecule has 0 unspecified atom stereocenters. The third-order valence-electron chi connectivity index (χ3n) is 4.51. The van der Waals surface area contributed by atoms with Gasteiger partial charge in [0.05, 0.1) is 6.20 Å². The number of piperidine rings is 1. The third kappa shape index (κ3) is 2.93. The highest BCUT2D eigenvalue weighted by molar-refractivity contribution is 5.77. The zero-order chi connectivity index (χ0) is 13.8. The van der Waals surface area contributed by atoms with Gasteiger partial charge >= 0.3 is 0 Å². The van der Waals surface area contributed by atoms with E-state index in [2.05, 4.69) is 10.3 Å². The Morgan fingerprint density at radius 3 is 2.90 bits per heavy atom. The maximum absolute atomic E-state index is 12.1. The summed E-state index contributed by atoms with van der Waals surface area (Å²) >= 11 is 0. The van der Waals surface area contributed by atoms with E-state index in [0.29, 0.717) is 11.2 Å². The van der Waals surface area contributed by atoms with Gasteiger partial charge in [0, 0.05) is 25.8 Å². The normalized spacial score (nSPS) is 21.1. The van der Waals surface area contributed by atoms with Crippen molar-refractivity contribution in [1.82, 2.24) is 15.2 Å². The fourth-order valence-electron chi connectivity index (χ4n) is 3.12. The van der Waals surface area contributed by atoms with Gasteiger partial charge < -0.3 is 15.0 Å². The largest absolute Gasteiger partial charge is 0.482 e. The van der Waals surface area contributed by atoms with Crippen LogP contribution in [0.3, 0.4) is 0 Å². The number of aromatic nitrogens is 1. The predicted molar refractivity (Wildman–Crippen MR) is 75.5 cm³/mol. The maximum atomic E-state index is 12.1. The van der Waals surface area contributed by atoms with Crippen LogP contribution >= 0.6 is 0 Å². The summed E-state index contributed by atoms with van der Waals surface area (Å²) in [5, 5.41) is 3.44. The summed E-state index contributed by atoms with van der Waals surface area (Å²) in [5.74, 6) is 0.726. The Kier molecular flexibility index (Phi) is 3.87. The van der Waals surface area contributed by atoms with Crippen molar-refractivity contribution in [2.45, 2.75) is 19.3 Å². The molecule has 20 heavy (non-hydrogen) atoms. The fourth-order valence-corrected chi connectivity index (χ4v) is 3.12. The number of carbonyl (C=O) groups is 1. The van der Waals surface area contributed by atoms with Crippen molar-refractivity contribution in [1.29, 1.82) is 0 Å². The van der Waals surface area contributed by atoms with Crippen LogP contribution in [0.2, 0.25) is 0 Å². The Balaban J connectivity index is 1.47. The molecular weight excluding hydrogens is 254 g/mol. The average molecular weight is 275 g/mol. The van der Waals surface area contributed by atoms with E-state index in [4.69, 9.17) is 4.74 Å². The lowest BCUT2D eigenvalue weighted by Crippen LogP contribution is -2.45. The van der Waals surface area contributed by atoms with Gasteiger partial charge in [-0.2, -0.15) is 0 Å². The number of nitrogens with zero attached hydrogens (tertiary/aromatic N) is 2. The van der Waals surface area contributed by atoms with Gasteiger partial charge in [0.1, 0.15) is 5.75 Å². The van der Waals surface area contributed by atoms with Crippen molar-refractivity contribution in [3.05, 3.63) is 24.5 Å². The molecule has 0 saturated carbocycles. The summed E-state index contributed by atoms with van der Waals surface area (Å²) in [5.41, 5.74) is 0.445. The van der Waals surface area contributed by atoms with E-state index in [0.717, 1.165) is 39.0 Å². The number of hydrogen-bond acceptors (Lipinski definition) is 4. The number of likely N-dealkylation sites (tertiary alicyclic amines) is 1. The van der Waals surface area contributed by atoms with Gasteiger partial charge in [-0.25, -0.2) is 0 Å². The molecule has 1 spiro atoms. The van der Waals surface area contributed by atoms with Crippen LogP contribution in [0.4, 0.5) is 0 Å². The van der Waals surface area contributed by atoms with Gasteiger partial charge in [-0.3, -0.25) is 9.78 Å². The van der Waals surface area contributed by atoms with Crippen LogP contribution in [0.15, 0.2) is 24.5 Å². The zero-order valence-electron chi connectivity index (χ0n) is 11.7. The van der Waals surface area contributed by atoms with Crippen molar-refractivity contribution in [2.24, 2.45) is 5.41 Å². The quantitative estimate of drug-likeness (QED) is 0.896. The van der Waals surface area contributed by atoms with Crippen LogP contribution in [0.25, 0.3) is 0 Å². The van der Waals surface area contributed by atoms with Crippen LogP contribution in [-0.2, 0) is 4.79 Å². The minimum atomic E-state index is 0.0784. The molecule has 2 aliphatic heterocycles. The van der Waals surface area contributed by atoms with Gasteiger partial charge in [-0.15, -0.1) is 0 Å². The van der Waals surface area contributed by atoms with Crippen molar-refractivity contribution in [3.63, 3.8) is 0 Å². The molecule has 1 aromatic heterocycles. The van der Waals surface area contributed by atoms with Gasteiger partial charge in [-0.05, 0) is 43.4 Å². The molecule has 0 aromatic carbocycles. The molecule has 3 heterocycles. The third-order valence-corrected chi connectivity index (χ3v) is 4.51. The molecule has 5 nitrogen and oxygen atoms in total. The van der Waals surface area contributed by atoms with E-state index in [1.54, 1.807) is 18.5 Å². The maximum Gasteiger partial charge on any atom is 0.260 e. The summed E-state index contributed by atoms with van der Waals surface area (Å²) < 4.78 is 5.47. The number of rotatable bonds is 3. The van der Waals surface area contributed by atoms with Gasteiger partial charge in [0.15, 0.2) is 6.61 Å². The molecule has 2 saturated heterocycles. The average Bonchev–Trinajstić information content (AvgIpc) is 2.95. The van der Waals surface area contributed by atoms with E-state index in [1.807, 2.05) is 11.0 Å². The molecule has 108 valence electrons. The second-order valence-corrected chi connectivity index (χ2v) is 5.78. The standard InChI is InChI=1S/C15H21N3O2/c19-14(11-20-13-2-1-6-16-10-13)18-8-4-15(5-9-18)3-7-17-12-15/h1-2,6,10,17H,3-5,7-9,11-12H2. The first-order valence-corrected chi connectivity index (χ1v) is 7.29. The molecular formula is C15H21N3O2. The van der Waals surface area contributed by atoms with Crippen LogP contribution in [-0.4, -0.2) is 48.6 Å². The smallest absolute Gasteiger partial charge is 0.260 e. The molecule has 0 bridgehead atoms. The molecule has 5 heteroatoms. The first-order chi connectivity index (χ1) is 9.77. The Morgan fingerprint density at radius 1 is 1.40 bits per heavy atom. The van der Waals surface area contributed by atoms with Gasteiger partial charge in [-0.1, -0.05) is 0 Å². The monoisotopic (exact) mass is 275 g/mol. The van der Waals surface area contributed by atoms with E-state index < -0.39 is 0 Å². The SMILES string of the molecule is O=C(COc1cccnc1)N1CCC2(CCNC2)CC1. The molecule has 1 aromatic rings.